The van der Waals surface area contributed by atoms with Crippen LogP contribution in [0.25, 0.3) is 0 Å². The lowest BCUT2D eigenvalue weighted by Gasteiger charge is -2.41. The van der Waals surface area contributed by atoms with E-state index in [1.165, 1.54) is 0 Å². The van der Waals surface area contributed by atoms with Crippen molar-refractivity contribution < 1.29 is 15.3 Å². The van der Waals surface area contributed by atoms with Crippen molar-refractivity contribution in [1.29, 1.82) is 0 Å². The molecule has 0 radical (unpaired) electrons. The van der Waals surface area contributed by atoms with Crippen molar-refractivity contribution in [1.82, 2.24) is 0 Å². The number of aliphatic hydroxyl groups is 3. The highest BCUT2D eigenvalue weighted by Gasteiger charge is 2.52. The van der Waals surface area contributed by atoms with Gasteiger partial charge in [0.25, 0.3) is 0 Å². The highest BCUT2D eigenvalue weighted by Crippen LogP contribution is 2.54. The van der Waals surface area contributed by atoms with Crippen molar-refractivity contribution >= 4 is 0 Å². The third-order valence-electron chi connectivity index (χ3n) is 5.92. The maximum atomic E-state index is 11.0. The van der Waals surface area contributed by atoms with Crippen LogP contribution in [0.5, 0.6) is 0 Å². The van der Waals surface area contributed by atoms with Gasteiger partial charge in [-0.3, -0.25) is 0 Å². The fraction of sp³-hybridized carbons (Fsp3) is 0.800. The summed E-state index contributed by atoms with van der Waals surface area (Å²) in [5.41, 5.74) is -1.99. The van der Waals surface area contributed by atoms with Gasteiger partial charge in [-0.1, -0.05) is 38.2 Å². The minimum atomic E-state index is -1.02. The maximum absolute atomic E-state index is 11.0. The fourth-order valence-corrected chi connectivity index (χ4v) is 4.58. The lowest BCUT2D eigenvalue weighted by Crippen LogP contribution is -2.45. The van der Waals surface area contributed by atoms with Gasteiger partial charge in [0.2, 0.25) is 0 Å². The molecule has 2 aliphatic rings. The molecule has 0 saturated heterocycles. The molecular formula is C20H34O3. The predicted molar refractivity (Wildman–Crippen MR) is 93.9 cm³/mol. The summed E-state index contributed by atoms with van der Waals surface area (Å²) in [6.45, 7) is 9.80. The second kappa shape index (κ2) is 6.34. The highest BCUT2D eigenvalue weighted by molar-refractivity contribution is 5.14. The Morgan fingerprint density at radius 3 is 2.43 bits per heavy atom. The maximum Gasteiger partial charge on any atom is 0.0824 e. The molecular weight excluding hydrogens is 288 g/mol. The molecule has 0 spiro atoms. The van der Waals surface area contributed by atoms with E-state index in [4.69, 9.17) is 0 Å². The zero-order valence-electron chi connectivity index (χ0n) is 15.3. The Morgan fingerprint density at radius 2 is 1.83 bits per heavy atom. The standard InChI is InChI=1S/C20H34O3/c1-14-7-6-10-20(5,23)13-16(21)17-15(18(2,3)22)9-12-19(17,4)11-8-14/h6,8,10-11,14-17,21-23H,7,9,12-13H2,1-5H3/b10-6-,11-8+/t14-,15-,16+,17-,19+,20+/m1/s1. The number of hydrogen-bond acceptors (Lipinski definition) is 3. The van der Waals surface area contributed by atoms with Crippen molar-refractivity contribution in [3.05, 3.63) is 24.3 Å². The summed E-state index contributed by atoms with van der Waals surface area (Å²) in [5, 5.41) is 32.2. The molecule has 0 aromatic rings. The first-order chi connectivity index (χ1) is 10.4. The number of allylic oxidation sites excluding steroid dienone is 3. The Kier molecular flexibility index (Phi) is 5.16. The molecule has 23 heavy (non-hydrogen) atoms. The largest absolute Gasteiger partial charge is 0.393 e. The summed E-state index contributed by atoms with van der Waals surface area (Å²) in [6.07, 6.45) is 10.7. The van der Waals surface area contributed by atoms with Crippen LogP contribution in [-0.2, 0) is 0 Å². The van der Waals surface area contributed by atoms with Gasteiger partial charge in [0.05, 0.1) is 17.3 Å². The van der Waals surface area contributed by atoms with Crippen LogP contribution in [0.1, 0.15) is 60.3 Å². The molecule has 1 saturated carbocycles. The normalized spacial score (nSPS) is 48.3. The first kappa shape index (κ1) is 18.7. The van der Waals surface area contributed by atoms with Crippen molar-refractivity contribution in [2.75, 3.05) is 0 Å². The summed E-state index contributed by atoms with van der Waals surface area (Å²) < 4.78 is 0. The van der Waals surface area contributed by atoms with Crippen LogP contribution in [0.4, 0.5) is 0 Å². The molecule has 0 amide bonds. The van der Waals surface area contributed by atoms with E-state index in [1.54, 1.807) is 6.92 Å². The molecule has 1 fully saturated rings. The average Bonchev–Trinajstić information content (AvgIpc) is 2.73. The number of hydrogen-bond donors (Lipinski definition) is 3. The van der Waals surface area contributed by atoms with Gasteiger partial charge in [0.15, 0.2) is 0 Å². The van der Waals surface area contributed by atoms with Gasteiger partial charge in [-0.25, -0.2) is 0 Å². The first-order valence-corrected chi connectivity index (χ1v) is 8.94. The number of aliphatic hydroxyl groups excluding tert-OH is 1. The van der Waals surface area contributed by atoms with Gasteiger partial charge in [-0.15, -0.1) is 0 Å². The van der Waals surface area contributed by atoms with Crippen molar-refractivity contribution in [2.45, 2.75) is 77.6 Å². The zero-order valence-corrected chi connectivity index (χ0v) is 15.3. The molecule has 2 aliphatic carbocycles. The molecule has 3 N–H and O–H groups in total. The van der Waals surface area contributed by atoms with Gasteiger partial charge in [-0.05, 0) is 63.2 Å². The Morgan fingerprint density at radius 1 is 1.17 bits per heavy atom. The second-order valence-corrected chi connectivity index (χ2v) is 8.93. The molecule has 0 aromatic heterocycles. The van der Waals surface area contributed by atoms with Crippen LogP contribution < -0.4 is 0 Å². The lowest BCUT2D eigenvalue weighted by atomic mass is 9.68. The molecule has 0 aromatic carbocycles. The number of fused-ring (bicyclic) bond motifs is 1. The molecule has 6 atom stereocenters. The topological polar surface area (TPSA) is 60.7 Å². The van der Waals surface area contributed by atoms with E-state index in [1.807, 2.05) is 26.0 Å². The molecule has 3 heteroatoms. The van der Waals surface area contributed by atoms with Crippen molar-refractivity contribution in [2.24, 2.45) is 23.2 Å². The summed E-state index contributed by atoms with van der Waals surface area (Å²) in [6, 6.07) is 0. The van der Waals surface area contributed by atoms with Crippen LogP contribution in [0.3, 0.4) is 0 Å². The molecule has 0 aliphatic heterocycles. The predicted octanol–water partition coefficient (Wildman–Crippen LogP) is 3.44. The van der Waals surface area contributed by atoms with Crippen molar-refractivity contribution in [3.8, 4) is 0 Å². The lowest BCUT2D eigenvalue weighted by molar-refractivity contribution is -0.0700. The van der Waals surface area contributed by atoms with Crippen LogP contribution >= 0.6 is 0 Å². The summed E-state index contributed by atoms with van der Waals surface area (Å²) in [5.74, 6) is 0.378. The molecule has 2 rings (SSSR count). The van der Waals surface area contributed by atoms with E-state index in [9.17, 15) is 15.3 Å². The average molecular weight is 322 g/mol. The van der Waals surface area contributed by atoms with Crippen LogP contribution in [-0.4, -0.2) is 32.6 Å². The zero-order chi connectivity index (χ0) is 17.5. The molecule has 0 heterocycles. The third kappa shape index (κ3) is 4.26. The summed E-state index contributed by atoms with van der Waals surface area (Å²) in [7, 11) is 0. The SMILES string of the molecule is C[C@H]1/C=C/[C@@]2(C)CC[C@@H](C(C)(C)O)[C@@H]2[C@@H](O)C[C@@](C)(O)/C=C\C1. The van der Waals surface area contributed by atoms with Gasteiger partial charge >= 0.3 is 0 Å². The smallest absolute Gasteiger partial charge is 0.0824 e. The van der Waals surface area contributed by atoms with Gasteiger partial charge in [-0.2, -0.15) is 0 Å². The fourth-order valence-electron chi connectivity index (χ4n) is 4.58. The molecule has 0 unspecified atom stereocenters. The van der Waals surface area contributed by atoms with Crippen molar-refractivity contribution in [3.63, 3.8) is 0 Å². The minimum Gasteiger partial charge on any atom is -0.393 e. The van der Waals surface area contributed by atoms with E-state index in [0.29, 0.717) is 12.3 Å². The van der Waals surface area contributed by atoms with Gasteiger partial charge in [0, 0.05) is 6.42 Å². The molecule has 132 valence electrons. The summed E-state index contributed by atoms with van der Waals surface area (Å²) in [4.78, 5) is 0. The minimum absolute atomic E-state index is 0.0305. The first-order valence-electron chi connectivity index (χ1n) is 8.94. The van der Waals surface area contributed by atoms with Crippen LogP contribution in [0.15, 0.2) is 24.3 Å². The van der Waals surface area contributed by atoms with E-state index in [0.717, 1.165) is 19.3 Å². The van der Waals surface area contributed by atoms with Crippen LogP contribution in [0.2, 0.25) is 0 Å². The number of rotatable bonds is 1. The Hall–Kier alpha value is -0.640. The van der Waals surface area contributed by atoms with Crippen LogP contribution in [0, 0.1) is 23.2 Å². The Labute approximate surface area is 141 Å². The second-order valence-electron chi connectivity index (χ2n) is 8.93. The molecule has 0 bridgehead atoms. The van der Waals surface area contributed by atoms with E-state index in [2.05, 4.69) is 26.0 Å². The van der Waals surface area contributed by atoms with E-state index >= 15 is 0 Å². The van der Waals surface area contributed by atoms with Gasteiger partial charge in [0.1, 0.15) is 0 Å². The Balaban J connectivity index is 2.43. The van der Waals surface area contributed by atoms with E-state index in [-0.39, 0.29) is 17.3 Å². The highest BCUT2D eigenvalue weighted by atomic mass is 16.3. The monoisotopic (exact) mass is 322 g/mol. The molecule has 3 nitrogen and oxygen atoms in total. The third-order valence-corrected chi connectivity index (χ3v) is 5.92. The Bertz CT molecular complexity index is 472. The quantitative estimate of drug-likeness (QED) is 0.648. The van der Waals surface area contributed by atoms with Gasteiger partial charge < -0.3 is 15.3 Å². The van der Waals surface area contributed by atoms with E-state index < -0.39 is 17.3 Å². The summed E-state index contributed by atoms with van der Waals surface area (Å²) >= 11 is 0.